The van der Waals surface area contributed by atoms with E-state index in [1.807, 2.05) is 6.92 Å². The predicted octanol–water partition coefficient (Wildman–Crippen LogP) is 3.48. The van der Waals surface area contributed by atoms with E-state index in [0.717, 1.165) is 0 Å². The van der Waals surface area contributed by atoms with Crippen LogP contribution in [0.15, 0.2) is 60.0 Å². The van der Waals surface area contributed by atoms with E-state index in [4.69, 9.17) is 16.3 Å². The SMILES string of the molecule is C=CCNC(=O)c1ccc(OCC)c(CN(C)S(=O)(=O)c2ccc(Cl)cc2)c1. The van der Waals surface area contributed by atoms with Crippen LogP contribution in [0.25, 0.3) is 0 Å². The van der Waals surface area contributed by atoms with Gasteiger partial charge in [-0.2, -0.15) is 4.31 Å². The zero-order valence-corrected chi connectivity index (χ0v) is 17.4. The zero-order chi connectivity index (χ0) is 20.7. The monoisotopic (exact) mass is 422 g/mol. The average Bonchev–Trinajstić information content (AvgIpc) is 2.67. The molecule has 0 aliphatic heterocycles. The second-order valence-electron chi connectivity index (χ2n) is 5.97. The molecule has 0 saturated heterocycles. The van der Waals surface area contributed by atoms with Gasteiger partial charge in [0.05, 0.1) is 11.5 Å². The number of carbonyl (C=O) groups is 1. The first-order valence-corrected chi connectivity index (χ1v) is 10.5. The summed E-state index contributed by atoms with van der Waals surface area (Å²) in [4.78, 5) is 12.4. The third-order valence-electron chi connectivity index (χ3n) is 3.94. The number of nitrogens with one attached hydrogen (secondary N) is 1. The first-order chi connectivity index (χ1) is 13.3. The van der Waals surface area contributed by atoms with Crippen LogP contribution in [0.4, 0.5) is 0 Å². The molecule has 0 aliphatic rings. The van der Waals surface area contributed by atoms with Gasteiger partial charge in [-0.25, -0.2) is 8.42 Å². The van der Waals surface area contributed by atoms with Crippen molar-refractivity contribution in [3.63, 3.8) is 0 Å². The molecule has 2 rings (SSSR count). The van der Waals surface area contributed by atoms with E-state index >= 15 is 0 Å². The summed E-state index contributed by atoms with van der Waals surface area (Å²) in [5, 5.41) is 3.16. The summed E-state index contributed by atoms with van der Waals surface area (Å²) in [6.45, 7) is 6.21. The molecule has 0 heterocycles. The molecular weight excluding hydrogens is 400 g/mol. The lowest BCUT2D eigenvalue weighted by Crippen LogP contribution is -2.27. The number of carbonyl (C=O) groups excluding carboxylic acids is 1. The average molecular weight is 423 g/mol. The summed E-state index contributed by atoms with van der Waals surface area (Å²) in [6, 6.07) is 10.9. The number of amides is 1. The van der Waals surface area contributed by atoms with E-state index in [1.165, 1.54) is 35.6 Å². The van der Waals surface area contributed by atoms with Crippen LogP contribution in [0, 0.1) is 0 Å². The topological polar surface area (TPSA) is 75.7 Å². The highest BCUT2D eigenvalue weighted by Gasteiger charge is 2.22. The van der Waals surface area contributed by atoms with Crippen molar-refractivity contribution in [3.8, 4) is 5.75 Å². The minimum Gasteiger partial charge on any atom is -0.494 e. The molecule has 0 unspecified atom stereocenters. The lowest BCUT2D eigenvalue weighted by atomic mass is 10.1. The van der Waals surface area contributed by atoms with Gasteiger partial charge in [0.25, 0.3) is 5.91 Å². The summed E-state index contributed by atoms with van der Waals surface area (Å²) in [5.74, 6) is 0.258. The Balaban J connectivity index is 2.32. The van der Waals surface area contributed by atoms with E-state index in [2.05, 4.69) is 11.9 Å². The molecule has 0 aliphatic carbocycles. The summed E-state index contributed by atoms with van der Waals surface area (Å²) in [5.41, 5.74) is 1.01. The number of benzene rings is 2. The Hall–Kier alpha value is -2.35. The van der Waals surface area contributed by atoms with E-state index in [-0.39, 0.29) is 17.3 Å². The molecule has 0 atom stereocenters. The van der Waals surface area contributed by atoms with Gasteiger partial charge in [-0.05, 0) is 49.4 Å². The molecule has 150 valence electrons. The molecule has 28 heavy (non-hydrogen) atoms. The molecule has 2 aromatic rings. The van der Waals surface area contributed by atoms with Crippen molar-refractivity contribution in [2.45, 2.75) is 18.4 Å². The minimum absolute atomic E-state index is 0.0445. The van der Waals surface area contributed by atoms with Crippen LogP contribution in [0.3, 0.4) is 0 Å². The standard InChI is InChI=1S/C20H23ClN2O4S/c1-4-12-22-20(24)15-6-11-19(27-5-2)16(13-15)14-23(3)28(25,26)18-9-7-17(21)8-10-18/h4,6-11,13H,1,5,12,14H2,2-3H3,(H,22,24). The molecule has 0 saturated carbocycles. The molecule has 1 amide bonds. The fraction of sp³-hybridized carbons (Fsp3) is 0.250. The largest absolute Gasteiger partial charge is 0.494 e. The summed E-state index contributed by atoms with van der Waals surface area (Å²) >= 11 is 5.84. The van der Waals surface area contributed by atoms with Crippen molar-refractivity contribution < 1.29 is 17.9 Å². The van der Waals surface area contributed by atoms with Crippen molar-refractivity contribution in [2.75, 3.05) is 20.2 Å². The first-order valence-electron chi connectivity index (χ1n) is 8.66. The maximum absolute atomic E-state index is 12.8. The molecule has 0 aromatic heterocycles. The van der Waals surface area contributed by atoms with Crippen LogP contribution in [0.2, 0.25) is 5.02 Å². The number of hydrogen-bond acceptors (Lipinski definition) is 4. The molecule has 6 nitrogen and oxygen atoms in total. The number of sulfonamides is 1. The van der Waals surface area contributed by atoms with Gasteiger partial charge < -0.3 is 10.1 Å². The lowest BCUT2D eigenvalue weighted by molar-refractivity contribution is 0.0958. The van der Waals surface area contributed by atoms with Gasteiger partial charge in [0.1, 0.15) is 5.75 Å². The molecule has 8 heteroatoms. The third kappa shape index (κ3) is 5.34. The van der Waals surface area contributed by atoms with Crippen molar-refractivity contribution in [3.05, 3.63) is 71.3 Å². The third-order valence-corrected chi connectivity index (χ3v) is 6.01. The number of hydrogen-bond donors (Lipinski definition) is 1. The summed E-state index contributed by atoms with van der Waals surface area (Å²) in [7, 11) is -2.25. The minimum atomic E-state index is -3.73. The van der Waals surface area contributed by atoms with Crippen LogP contribution < -0.4 is 10.1 Å². The second kappa shape index (κ2) is 9.73. The fourth-order valence-electron chi connectivity index (χ4n) is 2.52. The van der Waals surface area contributed by atoms with Crippen molar-refractivity contribution in [1.82, 2.24) is 9.62 Å². The van der Waals surface area contributed by atoms with E-state index in [1.54, 1.807) is 24.3 Å². The van der Waals surface area contributed by atoms with Crippen LogP contribution in [-0.4, -0.2) is 38.8 Å². The van der Waals surface area contributed by atoms with Crippen LogP contribution in [-0.2, 0) is 16.6 Å². The summed E-state index contributed by atoms with van der Waals surface area (Å²) in [6.07, 6.45) is 1.58. The second-order valence-corrected chi connectivity index (χ2v) is 8.45. The smallest absolute Gasteiger partial charge is 0.251 e. The highest BCUT2D eigenvalue weighted by molar-refractivity contribution is 7.89. The van der Waals surface area contributed by atoms with E-state index < -0.39 is 10.0 Å². The highest BCUT2D eigenvalue weighted by atomic mass is 35.5. The molecular formula is C20H23ClN2O4S. The van der Waals surface area contributed by atoms with Gasteiger partial charge in [-0.15, -0.1) is 6.58 Å². The Morgan fingerprint density at radius 3 is 2.54 bits per heavy atom. The maximum Gasteiger partial charge on any atom is 0.251 e. The van der Waals surface area contributed by atoms with Gasteiger partial charge in [-0.3, -0.25) is 4.79 Å². The number of ether oxygens (including phenoxy) is 1. The Bertz CT molecular complexity index is 943. The van der Waals surface area contributed by atoms with Gasteiger partial charge in [0.2, 0.25) is 10.0 Å². The molecule has 0 fully saturated rings. The predicted molar refractivity (Wildman–Crippen MR) is 110 cm³/mol. The number of nitrogens with zero attached hydrogens (tertiary/aromatic N) is 1. The quantitative estimate of drug-likeness (QED) is 0.628. The highest BCUT2D eigenvalue weighted by Crippen LogP contribution is 2.25. The Morgan fingerprint density at radius 2 is 1.93 bits per heavy atom. The molecule has 1 N–H and O–H groups in total. The van der Waals surface area contributed by atoms with Gasteiger partial charge >= 0.3 is 0 Å². The van der Waals surface area contributed by atoms with Gasteiger partial charge in [0.15, 0.2) is 0 Å². The molecule has 0 spiro atoms. The fourth-order valence-corrected chi connectivity index (χ4v) is 3.79. The van der Waals surface area contributed by atoms with E-state index in [0.29, 0.717) is 35.1 Å². The molecule has 0 bridgehead atoms. The Morgan fingerprint density at radius 1 is 1.25 bits per heavy atom. The first kappa shape index (κ1) is 21.9. The van der Waals surface area contributed by atoms with Crippen molar-refractivity contribution in [2.24, 2.45) is 0 Å². The maximum atomic E-state index is 12.8. The summed E-state index contributed by atoms with van der Waals surface area (Å²) < 4.78 is 32.5. The van der Waals surface area contributed by atoms with Gasteiger partial charge in [-0.1, -0.05) is 17.7 Å². The van der Waals surface area contributed by atoms with Crippen LogP contribution >= 0.6 is 11.6 Å². The van der Waals surface area contributed by atoms with Crippen LogP contribution in [0.1, 0.15) is 22.8 Å². The van der Waals surface area contributed by atoms with Crippen molar-refractivity contribution >= 4 is 27.5 Å². The van der Waals surface area contributed by atoms with E-state index in [9.17, 15) is 13.2 Å². The normalized spacial score (nSPS) is 11.3. The Kier molecular flexibility index (Phi) is 7.62. The molecule has 2 aromatic carbocycles. The molecule has 0 radical (unpaired) electrons. The lowest BCUT2D eigenvalue weighted by Gasteiger charge is -2.20. The van der Waals surface area contributed by atoms with Gasteiger partial charge in [0, 0.05) is 36.3 Å². The number of rotatable bonds is 9. The van der Waals surface area contributed by atoms with Crippen LogP contribution in [0.5, 0.6) is 5.75 Å². The number of halogens is 1. The van der Waals surface area contributed by atoms with Crippen molar-refractivity contribution in [1.29, 1.82) is 0 Å². The Labute approximate surface area is 170 Å². The zero-order valence-electron chi connectivity index (χ0n) is 15.8.